The maximum Gasteiger partial charge on any atom is 0.253 e. The number of carbonyl (C=O) groups excluding carboxylic acids is 1. The molecule has 0 unspecified atom stereocenters. The molecule has 0 bridgehead atoms. The molecule has 1 fully saturated rings. The third-order valence-electron chi connectivity index (χ3n) is 2.37. The summed E-state index contributed by atoms with van der Waals surface area (Å²) in [4.78, 5) is 13.8. The smallest absolute Gasteiger partial charge is 0.253 e. The van der Waals surface area contributed by atoms with Gasteiger partial charge in [-0.1, -0.05) is 12.1 Å². The van der Waals surface area contributed by atoms with Gasteiger partial charge in [0, 0.05) is 31.7 Å². The predicted molar refractivity (Wildman–Crippen MR) is 54.1 cm³/mol. The van der Waals surface area contributed by atoms with Crippen molar-refractivity contribution in [2.75, 3.05) is 26.2 Å². The van der Waals surface area contributed by atoms with Crippen molar-refractivity contribution in [1.82, 2.24) is 10.2 Å². The highest BCUT2D eigenvalue weighted by Gasteiger charge is 2.16. The number of hydrogen-bond donors (Lipinski definition) is 1. The third-order valence-corrected chi connectivity index (χ3v) is 2.37. The summed E-state index contributed by atoms with van der Waals surface area (Å²) in [5.41, 5.74) is 0.755. The van der Waals surface area contributed by atoms with Gasteiger partial charge in [-0.2, -0.15) is 0 Å². The third kappa shape index (κ3) is 1.93. The second-order valence-corrected chi connectivity index (χ2v) is 3.33. The summed E-state index contributed by atoms with van der Waals surface area (Å²) in [7, 11) is 0. The zero-order chi connectivity index (χ0) is 9.80. The lowest BCUT2D eigenvalue weighted by Gasteiger charge is -2.27. The first-order valence-corrected chi connectivity index (χ1v) is 4.84. The summed E-state index contributed by atoms with van der Waals surface area (Å²) in [5, 5.41) is 3.22. The van der Waals surface area contributed by atoms with Crippen LogP contribution in [0.25, 0.3) is 0 Å². The van der Waals surface area contributed by atoms with E-state index in [1.54, 1.807) is 12.1 Å². The second kappa shape index (κ2) is 4.24. The Morgan fingerprint density at radius 1 is 1.29 bits per heavy atom. The molecule has 1 aromatic carbocycles. The highest BCUT2D eigenvalue weighted by Crippen LogP contribution is 2.04. The van der Waals surface area contributed by atoms with Gasteiger partial charge in [0.25, 0.3) is 5.91 Å². The van der Waals surface area contributed by atoms with Crippen LogP contribution in [0.5, 0.6) is 0 Å². The molecule has 1 N–H and O–H groups in total. The molecule has 3 nitrogen and oxygen atoms in total. The van der Waals surface area contributed by atoms with E-state index >= 15 is 0 Å². The lowest BCUT2D eigenvalue weighted by atomic mass is 10.2. The maximum atomic E-state index is 11.9. The van der Waals surface area contributed by atoms with Gasteiger partial charge < -0.3 is 10.2 Å². The van der Waals surface area contributed by atoms with Crippen molar-refractivity contribution in [2.45, 2.75) is 0 Å². The van der Waals surface area contributed by atoms with Crippen molar-refractivity contribution in [1.29, 1.82) is 0 Å². The van der Waals surface area contributed by atoms with Gasteiger partial charge in [0.1, 0.15) is 0 Å². The molecule has 1 aromatic rings. The Hall–Kier alpha value is -1.35. The average Bonchev–Trinajstić information content (AvgIpc) is 2.30. The first kappa shape index (κ1) is 9.21. The van der Waals surface area contributed by atoms with Crippen LogP contribution >= 0.6 is 0 Å². The maximum absolute atomic E-state index is 11.9. The zero-order valence-electron chi connectivity index (χ0n) is 7.99. The number of nitrogens with one attached hydrogen (secondary N) is 1. The Kier molecular flexibility index (Phi) is 2.79. The summed E-state index contributed by atoms with van der Waals surface area (Å²) in [5.74, 6) is 0.125. The Morgan fingerprint density at radius 3 is 2.57 bits per heavy atom. The van der Waals surface area contributed by atoms with Crippen LogP contribution < -0.4 is 5.32 Å². The lowest BCUT2D eigenvalue weighted by Crippen LogP contribution is -2.46. The van der Waals surface area contributed by atoms with Crippen molar-refractivity contribution >= 4 is 5.91 Å². The molecule has 1 aliphatic heterocycles. The summed E-state index contributed by atoms with van der Waals surface area (Å²) >= 11 is 0. The molecule has 1 saturated heterocycles. The highest BCUT2D eigenvalue weighted by molar-refractivity contribution is 5.94. The minimum atomic E-state index is 0.125. The fourth-order valence-corrected chi connectivity index (χ4v) is 1.58. The van der Waals surface area contributed by atoms with E-state index in [0.29, 0.717) is 0 Å². The molecule has 1 aliphatic rings. The van der Waals surface area contributed by atoms with Gasteiger partial charge in [-0.15, -0.1) is 0 Å². The number of benzene rings is 1. The minimum Gasteiger partial charge on any atom is -0.336 e. The van der Waals surface area contributed by atoms with Crippen LogP contribution in [0.15, 0.2) is 24.3 Å². The number of piperazine rings is 1. The molecule has 0 spiro atoms. The van der Waals surface area contributed by atoms with E-state index in [1.165, 1.54) is 0 Å². The standard InChI is InChI=1S/C11H13N2O/c14-11(10-4-2-1-3-5-10)13-8-6-12-7-9-13/h2-5,12H,6-9H2. The Labute approximate surface area is 83.7 Å². The molecule has 14 heavy (non-hydrogen) atoms. The van der Waals surface area contributed by atoms with E-state index in [-0.39, 0.29) is 5.91 Å². The van der Waals surface area contributed by atoms with E-state index in [0.717, 1.165) is 31.7 Å². The molecule has 3 heteroatoms. The first-order chi connectivity index (χ1) is 6.88. The summed E-state index contributed by atoms with van der Waals surface area (Å²) in [6.07, 6.45) is 0. The quantitative estimate of drug-likeness (QED) is 0.699. The number of hydrogen-bond acceptors (Lipinski definition) is 2. The van der Waals surface area contributed by atoms with E-state index in [9.17, 15) is 4.79 Å². The normalized spacial score (nSPS) is 16.7. The molecule has 0 aliphatic carbocycles. The molecule has 0 saturated carbocycles. The fraction of sp³-hybridized carbons (Fsp3) is 0.364. The topological polar surface area (TPSA) is 32.3 Å². The minimum absolute atomic E-state index is 0.125. The number of rotatable bonds is 1. The van der Waals surface area contributed by atoms with Crippen LogP contribution in [-0.4, -0.2) is 37.0 Å². The van der Waals surface area contributed by atoms with E-state index in [2.05, 4.69) is 11.4 Å². The molecule has 2 rings (SSSR count). The molecule has 0 aromatic heterocycles. The van der Waals surface area contributed by atoms with Gasteiger partial charge in [-0.25, -0.2) is 0 Å². The summed E-state index contributed by atoms with van der Waals surface area (Å²) < 4.78 is 0. The molecule has 73 valence electrons. The van der Waals surface area contributed by atoms with Crippen LogP contribution in [0.1, 0.15) is 10.4 Å². The van der Waals surface area contributed by atoms with Gasteiger partial charge in [0.2, 0.25) is 0 Å². The van der Waals surface area contributed by atoms with Gasteiger partial charge in [-0.3, -0.25) is 4.79 Å². The Morgan fingerprint density at radius 2 is 1.93 bits per heavy atom. The van der Waals surface area contributed by atoms with Crippen molar-refractivity contribution < 1.29 is 4.79 Å². The molecule has 0 atom stereocenters. The zero-order valence-corrected chi connectivity index (χ0v) is 7.99. The van der Waals surface area contributed by atoms with Gasteiger partial charge in [-0.05, 0) is 18.2 Å². The predicted octanol–water partition coefficient (Wildman–Crippen LogP) is 0.532. The van der Waals surface area contributed by atoms with Gasteiger partial charge >= 0.3 is 0 Å². The Balaban J connectivity index is 2.07. The molecular weight excluding hydrogens is 176 g/mol. The van der Waals surface area contributed by atoms with Crippen LogP contribution in [0.4, 0.5) is 0 Å². The molecule has 1 heterocycles. The van der Waals surface area contributed by atoms with Crippen LogP contribution in [0.3, 0.4) is 0 Å². The summed E-state index contributed by atoms with van der Waals surface area (Å²) in [6.45, 7) is 3.39. The van der Waals surface area contributed by atoms with Crippen molar-refractivity contribution in [3.8, 4) is 0 Å². The molecule has 1 radical (unpaired) electrons. The van der Waals surface area contributed by atoms with Crippen LogP contribution in [0.2, 0.25) is 0 Å². The number of carbonyl (C=O) groups is 1. The van der Waals surface area contributed by atoms with E-state index in [4.69, 9.17) is 0 Å². The molecular formula is C11H13N2O. The fourth-order valence-electron chi connectivity index (χ4n) is 1.58. The van der Waals surface area contributed by atoms with E-state index in [1.807, 2.05) is 17.0 Å². The monoisotopic (exact) mass is 189 g/mol. The average molecular weight is 189 g/mol. The number of amides is 1. The van der Waals surface area contributed by atoms with Gasteiger partial charge in [0.15, 0.2) is 0 Å². The Bertz CT molecular complexity index is 304. The van der Waals surface area contributed by atoms with Crippen molar-refractivity contribution in [3.63, 3.8) is 0 Å². The highest BCUT2D eigenvalue weighted by atomic mass is 16.2. The largest absolute Gasteiger partial charge is 0.336 e. The van der Waals surface area contributed by atoms with Gasteiger partial charge in [0.05, 0.1) is 0 Å². The van der Waals surface area contributed by atoms with E-state index < -0.39 is 0 Å². The SMILES string of the molecule is O=C(c1cc[c]cc1)N1CCNCC1. The van der Waals surface area contributed by atoms with Crippen molar-refractivity contribution in [3.05, 3.63) is 35.9 Å². The first-order valence-electron chi connectivity index (χ1n) is 4.84. The van der Waals surface area contributed by atoms with Crippen molar-refractivity contribution in [2.24, 2.45) is 0 Å². The van der Waals surface area contributed by atoms with Crippen LogP contribution in [0, 0.1) is 6.07 Å². The molecule has 1 amide bonds. The van der Waals surface area contributed by atoms with Crippen LogP contribution in [-0.2, 0) is 0 Å². The lowest BCUT2D eigenvalue weighted by molar-refractivity contribution is 0.0736. The number of nitrogens with zero attached hydrogens (tertiary/aromatic N) is 1. The second-order valence-electron chi connectivity index (χ2n) is 3.33. The summed E-state index contributed by atoms with van der Waals surface area (Å²) in [6, 6.07) is 10.1.